The van der Waals surface area contributed by atoms with E-state index in [1.807, 2.05) is 20.8 Å². The number of aryl methyl sites for hydroxylation is 1. The first kappa shape index (κ1) is 20.9. The Bertz CT molecular complexity index is 627. The normalized spacial score (nSPS) is 14.3. The van der Waals surface area contributed by atoms with Crippen LogP contribution in [0, 0.1) is 12.8 Å². The second kappa shape index (κ2) is 7.45. The van der Waals surface area contributed by atoms with Crippen LogP contribution in [0.3, 0.4) is 0 Å². The van der Waals surface area contributed by atoms with Gasteiger partial charge in [0.2, 0.25) is 5.09 Å². The first-order valence-corrected chi connectivity index (χ1v) is 8.12. The van der Waals surface area contributed by atoms with E-state index < -0.39 is 21.5 Å². The first-order chi connectivity index (χ1) is 9.57. The van der Waals surface area contributed by atoms with Crippen molar-refractivity contribution in [2.75, 3.05) is 13.6 Å². The number of carbonyl (C=O) groups is 1. The summed E-state index contributed by atoms with van der Waals surface area (Å²) in [7, 11) is -2.45. The standard InChI is InChI=1S/C13H23N3O4S.ClH/c1-8(2)13(4,7-14)16-12(17)10-6-11(20-9(10)3)21(18,19)15-5;/h6,8,15H,7,14H2,1-5H3,(H,16,17);1H. The molecule has 1 amide bonds. The molecule has 1 aromatic heterocycles. The zero-order chi connectivity index (χ0) is 16.4. The van der Waals surface area contributed by atoms with Gasteiger partial charge in [-0.3, -0.25) is 4.79 Å². The highest BCUT2D eigenvalue weighted by Crippen LogP contribution is 2.21. The molecule has 0 aromatic carbocycles. The number of hydrogen-bond donors (Lipinski definition) is 3. The number of hydrogen-bond acceptors (Lipinski definition) is 5. The van der Waals surface area contributed by atoms with Crippen molar-refractivity contribution in [3.05, 3.63) is 17.4 Å². The number of halogens is 1. The van der Waals surface area contributed by atoms with Gasteiger partial charge in [0.15, 0.2) is 0 Å². The van der Waals surface area contributed by atoms with Gasteiger partial charge in [-0.1, -0.05) is 13.8 Å². The summed E-state index contributed by atoms with van der Waals surface area (Å²) < 4.78 is 30.7. The average Bonchev–Trinajstić information content (AvgIpc) is 2.81. The van der Waals surface area contributed by atoms with Crippen molar-refractivity contribution < 1.29 is 17.6 Å². The smallest absolute Gasteiger partial charge is 0.273 e. The number of nitrogens with one attached hydrogen (secondary N) is 2. The van der Waals surface area contributed by atoms with Gasteiger partial charge in [-0.05, 0) is 26.8 Å². The van der Waals surface area contributed by atoms with Crippen molar-refractivity contribution in [2.45, 2.75) is 38.3 Å². The van der Waals surface area contributed by atoms with E-state index in [-0.39, 0.29) is 41.3 Å². The van der Waals surface area contributed by atoms with E-state index in [0.717, 1.165) is 0 Å². The van der Waals surface area contributed by atoms with Gasteiger partial charge in [0.25, 0.3) is 15.9 Å². The topological polar surface area (TPSA) is 114 Å². The minimum Gasteiger partial charge on any atom is -0.448 e. The third-order valence-electron chi connectivity index (χ3n) is 3.77. The Balaban J connectivity index is 0.00000441. The monoisotopic (exact) mass is 353 g/mol. The molecule has 0 aliphatic rings. The van der Waals surface area contributed by atoms with Gasteiger partial charge in [0.05, 0.1) is 11.1 Å². The molecule has 0 aliphatic heterocycles. The quantitative estimate of drug-likeness (QED) is 0.706. The molecule has 0 spiro atoms. The van der Waals surface area contributed by atoms with Crippen molar-refractivity contribution in [1.82, 2.24) is 10.0 Å². The number of furan rings is 1. The predicted molar refractivity (Wildman–Crippen MR) is 86.7 cm³/mol. The first-order valence-electron chi connectivity index (χ1n) is 6.64. The molecular weight excluding hydrogens is 330 g/mol. The fourth-order valence-electron chi connectivity index (χ4n) is 1.67. The van der Waals surface area contributed by atoms with Gasteiger partial charge in [0.1, 0.15) is 5.76 Å². The van der Waals surface area contributed by atoms with Crippen molar-refractivity contribution in [3.8, 4) is 0 Å². The molecule has 0 bridgehead atoms. The van der Waals surface area contributed by atoms with Crippen molar-refractivity contribution in [2.24, 2.45) is 11.7 Å². The Hall–Kier alpha value is -1.09. The molecular formula is C13H24ClN3O4S. The number of sulfonamides is 1. The van der Waals surface area contributed by atoms with E-state index in [1.165, 1.54) is 13.1 Å². The summed E-state index contributed by atoms with van der Waals surface area (Å²) in [5, 5.41) is 2.56. The Kier molecular flexibility index (Phi) is 7.08. The number of amides is 1. The second-order valence-corrected chi connectivity index (χ2v) is 7.29. The molecule has 1 unspecified atom stereocenters. The number of carbonyl (C=O) groups excluding carboxylic acids is 1. The Labute approximate surface area is 137 Å². The zero-order valence-electron chi connectivity index (χ0n) is 13.4. The fraction of sp³-hybridized carbons (Fsp3) is 0.615. The maximum absolute atomic E-state index is 12.3. The van der Waals surface area contributed by atoms with Crippen LogP contribution in [0.2, 0.25) is 0 Å². The lowest BCUT2D eigenvalue weighted by Crippen LogP contribution is -2.55. The van der Waals surface area contributed by atoms with Crippen LogP contribution < -0.4 is 15.8 Å². The highest BCUT2D eigenvalue weighted by Gasteiger charge is 2.31. The maximum atomic E-state index is 12.3. The molecule has 1 atom stereocenters. The van der Waals surface area contributed by atoms with Gasteiger partial charge in [-0.2, -0.15) is 0 Å². The lowest BCUT2D eigenvalue weighted by atomic mass is 9.88. The van der Waals surface area contributed by atoms with Gasteiger partial charge in [0, 0.05) is 12.6 Å². The SMILES string of the molecule is CNS(=O)(=O)c1cc(C(=O)NC(C)(CN)C(C)C)c(C)o1.Cl. The molecule has 7 nitrogen and oxygen atoms in total. The van der Waals surface area contributed by atoms with E-state index in [1.54, 1.807) is 6.92 Å². The summed E-state index contributed by atoms with van der Waals surface area (Å²) in [4.78, 5) is 12.3. The van der Waals surface area contributed by atoms with Crippen LogP contribution in [0.15, 0.2) is 15.6 Å². The van der Waals surface area contributed by atoms with Gasteiger partial charge in [-0.25, -0.2) is 13.1 Å². The largest absolute Gasteiger partial charge is 0.448 e. The summed E-state index contributed by atoms with van der Waals surface area (Å²) in [5.41, 5.74) is 5.33. The Morgan fingerprint density at radius 2 is 2.00 bits per heavy atom. The maximum Gasteiger partial charge on any atom is 0.273 e. The number of nitrogens with two attached hydrogens (primary N) is 1. The third kappa shape index (κ3) is 4.22. The molecule has 0 radical (unpaired) electrons. The van der Waals surface area contributed by atoms with Crippen molar-refractivity contribution in [1.29, 1.82) is 0 Å². The Morgan fingerprint density at radius 3 is 2.41 bits per heavy atom. The Morgan fingerprint density at radius 1 is 1.45 bits per heavy atom. The number of rotatable bonds is 6. The van der Waals surface area contributed by atoms with Gasteiger partial charge in [-0.15, -0.1) is 12.4 Å². The summed E-state index contributed by atoms with van der Waals surface area (Å²) >= 11 is 0. The predicted octanol–water partition coefficient (Wildman–Crippen LogP) is 1.02. The molecule has 0 saturated carbocycles. The molecule has 1 heterocycles. The molecule has 0 fully saturated rings. The van der Waals surface area contributed by atoms with Crippen LogP contribution in [-0.2, 0) is 10.0 Å². The minimum atomic E-state index is -3.72. The van der Waals surface area contributed by atoms with Crippen LogP contribution in [-0.4, -0.2) is 33.5 Å². The van der Waals surface area contributed by atoms with Crippen LogP contribution >= 0.6 is 12.4 Å². The van der Waals surface area contributed by atoms with E-state index in [9.17, 15) is 13.2 Å². The molecule has 1 rings (SSSR count). The molecule has 9 heteroatoms. The summed E-state index contributed by atoms with van der Waals surface area (Å²) in [5.74, 6) is -0.0425. The molecule has 1 aromatic rings. The highest BCUT2D eigenvalue weighted by atomic mass is 35.5. The van der Waals surface area contributed by atoms with Crippen molar-refractivity contribution >= 4 is 28.3 Å². The van der Waals surface area contributed by atoms with Crippen LogP contribution in [0.1, 0.15) is 36.9 Å². The highest BCUT2D eigenvalue weighted by molar-refractivity contribution is 7.89. The molecule has 22 heavy (non-hydrogen) atoms. The fourth-order valence-corrected chi connectivity index (χ4v) is 2.38. The molecule has 0 saturated heterocycles. The molecule has 0 aliphatic carbocycles. The van der Waals surface area contributed by atoms with E-state index >= 15 is 0 Å². The average molecular weight is 354 g/mol. The zero-order valence-corrected chi connectivity index (χ0v) is 15.0. The van der Waals surface area contributed by atoms with E-state index in [0.29, 0.717) is 0 Å². The lowest BCUT2D eigenvalue weighted by Gasteiger charge is -2.33. The van der Waals surface area contributed by atoms with E-state index in [2.05, 4.69) is 10.0 Å². The van der Waals surface area contributed by atoms with Crippen molar-refractivity contribution in [3.63, 3.8) is 0 Å². The lowest BCUT2D eigenvalue weighted by molar-refractivity contribution is 0.0881. The summed E-state index contributed by atoms with van der Waals surface area (Å²) in [6, 6.07) is 1.22. The summed E-state index contributed by atoms with van der Waals surface area (Å²) in [6.45, 7) is 7.56. The molecule has 128 valence electrons. The second-order valence-electron chi connectivity index (χ2n) is 5.47. The summed E-state index contributed by atoms with van der Waals surface area (Å²) in [6.07, 6.45) is 0. The molecule has 4 N–H and O–H groups in total. The van der Waals surface area contributed by atoms with Gasteiger partial charge < -0.3 is 15.5 Å². The third-order valence-corrected chi connectivity index (χ3v) is 5.04. The van der Waals surface area contributed by atoms with Crippen LogP contribution in [0.4, 0.5) is 0 Å². The van der Waals surface area contributed by atoms with Gasteiger partial charge >= 0.3 is 0 Å². The van der Waals surface area contributed by atoms with Crippen LogP contribution in [0.25, 0.3) is 0 Å². The van der Waals surface area contributed by atoms with Crippen LogP contribution in [0.5, 0.6) is 0 Å². The van der Waals surface area contributed by atoms with E-state index in [4.69, 9.17) is 10.2 Å². The minimum absolute atomic E-state index is 0.